The van der Waals surface area contributed by atoms with E-state index in [2.05, 4.69) is 4.98 Å². The fourth-order valence-corrected chi connectivity index (χ4v) is 3.55. The zero-order valence-electron chi connectivity index (χ0n) is 14.7. The molecule has 0 bridgehead atoms. The molecule has 5 nitrogen and oxygen atoms in total. The fourth-order valence-electron chi connectivity index (χ4n) is 3.55. The van der Waals surface area contributed by atoms with Gasteiger partial charge in [0.05, 0.1) is 23.0 Å². The second kappa shape index (κ2) is 6.32. The summed E-state index contributed by atoms with van der Waals surface area (Å²) in [5.41, 5.74) is 3.20. The third kappa shape index (κ3) is 2.37. The van der Waals surface area contributed by atoms with Crippen LogP contribution in [0.5, 0.6) is 0 Å². The topological polar surface area (TPSA) is 59.5 Å². The van der Waals surface area contributed by atoms with Gasteiger partial charge in [-0.2, -0.15) is 0 Å². The highest BCUT2D eigenvalue weighted by molar-refractivity contribution is 6.37. The normalized spacial score (nSPS) is 15.9. The number of hydrogen-bond acceptors (Lipinski definition) is 4. The Morgan fingerprint density at radius 2 is 1.39 bits per heavy atom. The minimum absolute atomic E-state index is 0.245. The summed E-state index contributed by atoms with van der Waals surface area (Å²) in [5.74, 6) is -0.417. The van der Waals surface area contributed by atoms with Crippen LogP contribution in [0.1, 0.15) is 11.1 Å². The number of amides is 1. The van der Waals surface area contributed by atoms with Crippen molar-refractivity contribution in [2.24, 2.45) is 0 Å². The average molecular weight is 366 g/mol. The quantitative estimate of drug-likeness (QED) is 0.662. The van der Waals surface area contributed by atoms with E-state index >= 15 is 0 Å². The number of esters is 1. The number of carbonyl (C=O) groups is 2. The van der Waals surface area contributed by atoms with Gasteiger partial charge < -0.3 is 4.74 Å². The van der Waals surface area contributed by atoms with Crippen LogP contribution >= 0.6 is 0 Å². The Balaban J connectivity index is 1.80. The van der Waals surface area contributed by atoms with E-state index in [-0.39, 0.29) is 5.91 Å². The van der Waals surface area contributed by atoms with Gasteiger partial charge in [0.2, 0.25) is 0 Å². The van der Waals surface area contributed by atoms with E-state index in [9.17, 15) is 9.59 Å². The summed E-state index contributed by atoms with van der Waals surface area (Å²) in [5, 5.41) is 0. The second-order valence-corrected chi connectivity index (χ2v) is 6.40. The Morgan fingerprint density at radius 3 is 2.00 bits per heavy atom. The van der Waals surface area contributed by atoms with E-state index in [0.29, 0.717) is 39.4 Å². The van der Waals surface area contributed by atoms with E-state index in [1.165, 1.54) is 4.90 Å². The minimum atomic E-state index is -0.467. The van der Waals surface area contributed by atoms with Gasteiger partial charge in [0.25, 0.3) is 5.91 Å². The Kier molecular flexibility index (Phi) is 3.66. The first-order valence-electron chi connectivity index (χ1n) is 8.82. The van der Waals surface area contributed by atoms with Gasteiger partial charge in [0, 0.05) is 6.20 Å². The summed E-state index contributed by atoms with van der Waals surface area (Å²) in [6.07, 6.45) is 3.24. The van der Waals surface area contributed by atoms with Crippen LogP contribution in [0, 0.1) is 0 Å². The van der Waals surface area contributed by atoms with Gasteiger partial charge in [-0.15, -0.1) is 0 Å². The predicted octanol–water partition coefficient (Wildman–Crippen LogP) is 3.81. The summed E-state index contributed by atoms with van der Waals surface area (Å²) in [6, 6.07) is 22.0. The van der Waals surface area contributed by atoms with Crippen LogP contribution in [0.4, 0.5) is 5.69 Å². The lowest BCUT2D eigenvalue weighted by Gasteiger charge is -2.18. The highest BCUT2D eigenvalue weighted by Gasteiger charge is 2.47. The molecule has 28 heavy (non-hydrogen) atoms. The van der Waals surface area contributed by atoms with Crippen LogP contribution in [0.25, 0.3) is 11.1 Å². The lowest BCUT2D eigenvalue weighted by atomic mass is 10.0. The summed E-state index contributed by atoms with van der Waals surface area (Å²) in [4.78, 5) is 31.8. The third-order valence-corrected chi connectivity index (χ3v) is 4.75. The Bertz CT molecular complexity index is 1150. The maximum Gasteiger partial charge on any atom is 0.346 e. The van der Waals surface area contributed by atoms with Crippen LogP contribution in [-0.2, 0) is 14.3 Å². The molecule has 0 unspecified atom stereocenters. The van der Waals surface area contributed by atoms with Crippen molar-refractivity contribution in [2.75, 3.05) is 4.90 Å². The molecule has 0 saturated carbocycles. The molecule has 0 saturated heterocycles. The van der Waals surface area contributed by atoms with E-state index in [1.54, 1.807) is 24.5 Å². The molecule has 0 N–H and O–H groups in total. The zero-order valence-corrected chi connectivity index (χ0v) is 14.7. The van der Waals surface area contributed by atoms with Gasteiger partial charge in [-0.1, -0.05) is 60.7 Å². The van der Waals surface area contributed by atoms with Crippen molar-refractivity contribution in [1.29, 1.82) is 0 Å². The van der Waals surface area contributed by atoms with Gasteiger partial charge in [0.1, 0.15) is 5.70 Å². The SMILES string of the molecule is O=C1OC2=C(c3ccccc3)C(=O)N(c3cccnc3)C2=C1c1ccccc1. The first kappa shape index (κ1) is 16.2. The third-order valence-electron chi connectivity index (χ3n) is 4.75. The van der Waals surface area contributed by atoms with E-state index in [4.69, 9.17) is 4.74 Å². The number of ether oxygens (including phenoxy) is 1. The summed E-state index contributed by atoms with van der Waals surface area (Å²) >= 11 is 0. The van der Waals surface area contributed by atoms with Gasteiger partial charge in [-0.05, 0) is 23.3 Å². The maximum atomic E-state index is 13.4. The molecule has 5 rings (SSSR count). The summed E-state index contributed by atoms with van der Waals surface area (Å²) < 4.78 is 5.63. The first-order valence-corrected chi connectivity index (χ1v) is 8.82. The van der Waals surface area contributed by atoms with Crippen LogP contribution in [0.3, 0.4) is 0 Å². The summed E-state index contributed by atoms with van der Waals surface area (Å²) in [6.45, 7) is 0. The Labute approximate surface area is 161 Å². The number of carbonyl (C=O) groups excluding carboxylic acids is 2. The number of nitrogens with zero attached hydrogens (tertiary/aromatic N) is 2. The molecule has 0 fully saturated rings. The molecule has 0 aliphatic carbocycles. The van der Waals surface area contributed by atoms with Crippen LogP contribution in [-0.4, -0.2) is 16.9 Å². The molecule has 0 radical (unpaired) electrons. The zero-order chi connectivity index (χ0) is 19.1. The number of fused-ring (bicyclic) bond motifs is 1. The van der Waals surface area contributed by atoms with Gasteiger partial charge in [-0.25, -0.2) is 4.79 Å². The molecule has 0 spiro atoms. The van der Waals surface area contributed by atoms with Crippen molar-refractivity contribution >= 4 is 28.7 Å². The van der Waals surface area contributed by atoms with Gasteiger partial charge in [0.15, 0.2) is 5.76 Å². The van der Waals surface area contributed by atoms with Crippen LogP contribution in [0.15, 0.2) is 96.6 Å². The van der Waals surface area contributed by atoms with E-state index < -0.39 is 5.97 Å². The number of pyridine rings is 1. The number of anilines is 1. The highest BCUT2D eigenvalue weighted by atomic mass is 16.5. The standard InChI is InChI=1S/C23H14N2O3/c26-22-19(16-10-5-2-6-11-16)21-20(25(22)17-12-7-13-24-14-17)18(23(27)28-21)15-8-3-1-4-9-15/h1-14H. The summed E-state index contributed by atoms with van der Waals surface area (Å²) in [7, 11) is 0. The predicted molar refractivity (Wildman–Crippen MR) is 105 cm³/mol. The Hall–Kier alpha value is -3.99. The van der Waals surface area contributed by atoms with E-state index in [1.807, 2.05) is 60.7 Å². The number of benzene rings is 2. The molecule has 2 aliphatic heterocycles. The lowest BCUT2D eigenvalue weighted by molar-refractivity contribution is -0.131. The Morgan fingerprint density at radius 1 is 0.750 bits per heavy atom. The molecule has 3 aromatic rings. The highest BCUT2D eigenvalue weighted by Crippen LogP contribution is 2.46. The van der Waals surface area contributed by atoms with E-state index in [0.717, 1.165) is 0 Å². The van der Waals surface area contributed by atoms with Crippen LogP contribution < -0.4 is 4.90 Å². The minimum Gasteiger partial charge on any atom is -0.420 e. The monoisotopic (exact) mass is 366 g/mol. The van der Waals surface area contributed by atoms with Crippen molar-refractivity contribution in [3.63, 3.8) is 0 Å². The van der Waals surface area contributed by atoms with Gasteiger partial charge in [-0.3, -0.25) is 14.7 Å². The van der Waals surface area contributed by atoms with Crippen molar-refractivity contribution < 1.29 is 14.3 Å². The molecule has 5 heteroatoms. The first-order chi connectivity index (χ1) is 13.8. The molecule has 1 aromatic heterocycles. The molecule has 2 aromatic carbocycles. The molecule has 3 heterocycles. The molecule has 134 valence electrons. The van der Waals surface area contributed by atoms with Crippen LogP contribution in [0.2, 0.25) is 0 Å². The molecule has 0 atom stereocenters. The molecular formula is C23H14N2O3. The average Bonchev–Trinajstić information content (AvgIpc) is 3.20. The molecular weight excluding hydrogens is 352 g/mol. The van der Waals surface area contributed by atoms with Crippen molar-refractivity contribution in [1.82, 2.24) is 4.98 Å². The maximum absolute atomic E-state index is 13.4. The van der Waals surface area contributed by atoms with Gasteiger partial charge >= 0.3 is 5.97 Å². The second-order valence-electron chi connectivity index (χ2n) is 6.40. The van der Waals surface area contributed by atoms with Crippen molar-refractivity contribution in [3.8, 4) is 0 Å². The lowest BCUT2D eigenvalue weighted by Crippen LogP contribution is -2.26. The van der Waals surface area contributed by atoms with Crippen molar-refractivity contribution in [2.45, 2.75) is 0 Å². The number of hydrogen-bond donors (Lipinski definition) is 0. The smallest absolute Gasteiger partial charge is 0.346 e. The number of aromatic nitrogens is 1. The van der Waals surface area contributed by atoms with Crippen molar-refractivity contribution in [3.05, 3.63) is 108 Å². The largest absolute Gasteiger partial charge is 0.420 e. The number of rotatable bonds is 3. The molecule has 1 amide bonds. The molecule has 2 aliphatic rings. The fraction of sp³-hybridized carbons (Fsp3) is 0.